The molecule has 0 saturated carbocycles. The van der Waals surface area contributed by atoms with Crippen molar-refractivity contribution in [3.8, 4) is 0 Å². The van der Waals surface area contributed by atoms with Crippen LogP contribution in [0.3, 0.4) is 0 Å². The van der Waals surface area contributed by atoms with E-state index in [1.54, 1.807) is 32.9 Å². The number of rotatable bonds is 4. The zero-order valence-electron chi connectivity index (χ0n) is 18.7. The first-order valence-corrected chi connectivity index (χ1v) is 10.7. The second-order valence-corrected chi connectivity index (χ2v) is 8.38. The average Bonchev–Trinajstić information content (AvgIpc) is 3.05. The van der Waals surface area contributed by atoms with Gasteiger partial charge < -0.3 is 39.7 Å². The molecular weight excluding hydrogens is 424 g/mol. The van der Waals surface area contributed by atoms with E-state index in [9.17, 15) is 35.1 Å². The number of Topliss-reactive ketones (excluding diaryl/α,β-unsaturated/α-hetero) is 1. The number of hydrogen-bond acceptors (Lipinski definition) is 10. The van der Waals surface area contributed by atoms with E-state index in [0.717, 1.165) is 5.57 Å². The molecule has 2 aliphatic rings. The third kappa shape index (κ3) is 6.02. The molecule has 1 fully saturated rings. The van der Waals surface area contributed by atoms with E-state index in [2.05, 4.69) is 0 Å². The van der Waals surface area contributed by atoms with E-state index in [0.29, 0.717) is 5.57 Å². The van der Waals surface area contributed by atoms with E-state index in [1.807, 2.05) is 0 Å². The lowest BCUT2D eigenvalue weighted by Gasteiger charge is -2.30. The Morgan fingerprint density at radius 2 is 1.88 bits per heavy atom. The van der Waals surface area contributed by atoms with Crippen LogP contribution in [-0.2, 0) is 23.8 Å². The van der Waals surface area contributed by atoms with Gasteiger partial charge in [0.2, 0.25) is 0 Å². The van der Waals surface area contributed by atoms with Gasteiger partial charge in [-0.15, -0.1) is 0 Å². The summed E-state index contributed by atoms with van der Waals surface area (Å²) in [6.07, 6.45) is -7.26. The monoisotopic (exact) mass is 458 g/mol. The molecule has 182 valence electrons. The van der Waals surface area contributed by atoms with Gasteiger partial charge in [0.1, 0.15) is 36.6 Å². The van der Waals surface area contributed by atoms with Crippen molar-refractivity contribution in [2.75, 3.05) is 6.61 Å². The highest BCUT2D eigenvalue weighted by Gasteiger charge is 2.45. The summed E-state index contributed by atoms with van der Waals surface area (Å²) in [5.41, 5.74) is 1.18. The Bertz CT molecular complexity index is 732. The van der Waals surface area contributed by atoms with Crippen LogP contribution in [-0.4, -0.2) is 92.9 Å². The van der Waals surface area contributed by atoms with Crippen LogP contribution in [0.15, 0.2) is 23.3 Å². The van der Waals surface area contributed by atoms with E-state index in [1.165, 1.54) is 6.92 Å². The molecule has 0 spiro atoms. The van der Waals surface area contributed by atoms with E-state index in [4.69, 9.17) is 14.2 Å². The third-order valence-electron chi connectivity index (χ3n) is 6.08. The number of ether oxygens (including phenoxy) is 3. The zero-order chi connectivity index (χ0) is 24.2. The van der Waals surface area contributed by atoms with Gasteiger partial charge in [-0.25, -0.2) is 0 Å². The number of esters is 1. The number of carbonyl (C=O) groups is 2. The van der Waals surface area contributed by atoms with Gasteiger partial charge in [0.05, 0.1) is 18.6 Å². The molecule has 10 heteroatoms. The lowest BCUT2D eigenvalue weighted by atomic mass is 9.92. The maximum atomic E-state index is 12.6. The van der Waals surface area contributed by atoms with Crippen molar-refractivity contribution < 1.29 is 49.3 Å². The van der Waals surface area contributed by atoms with Gasteiger partial charge in [-0.05, 0) is 38.8 Å². The molecule has 2 heterocycles. The van der Waals surface area contributed by atoms with Gasteiger partial charge >= 0.3 is 5.97 Å². The Balaban J connectivity index is 2.37. The molecular formula is C22H34O10. The molecule has 0 aromatic rings. The Kier molecular flexibility index (Phi) is 9.53. The van der Waals surface area contributed by atoms with Crippen LogP contribution in [0, 0.1) is 5.92 Å². The van der Waals surface area contributed by atoms with E-state index < -0.39 is 79.7 Å². The molecule has 0 aromatic carbocycles. The van der Waals surface area contributed by atoms with Gasteiger partial charge in [0.25, 0.3) is 0 Å². The van der Waals surface area contributed by atoms with Crippen molar-refractivity contribution in [2.45, 2.75) is 89.6 Å². The standard InChI is InChI=1S/C22H34O10/c1-5-10(2)15-7-6-11(3)20(32-22-19(28)18(27)16(9-23)31-22)17(26)14(25)8-13(24)12(4)21(29)30-15/h5-6,12-13,15-20,22-24,26-28H,7-9H2,1-4H3/b10-5-,11-6+. The fourth-order valence-corrected chi connectivity index (χ4v) is 3.55. The van der Waals surface area contributed by atoms with Crippen molar-refractivity contribution >= 4 is 11.8 Å². The first kappa shape index (κ1) is 26.6. The molecule has 2 aliphatic heterocycles. The smallest absolute Gasteiger partial charge is 0.311 e. The second kappa shape index (κ2) is 11.5. The zero-order valence-corrected chi connectivity index (χ0v) is 18.7. The Hall–Kier alpha value is -1.66. The lowest BCUT2D eigenvalue weighted by Crippen LogP contribution is -2.44. The summed E-state index contributed by atoms with van der Waals surface area (Å²) in [6, 6.07) is 0. The number of ketones is 1. The average molecular weight is 459 g/mol. The quantitative estimate of drug-likeness (QED) is 0.270. The number of aliphatic hydroxyl groups is 5. The largest absolute Gasteiger partial charge is 0.457 e. The first-order chi connectivity index (χ1) is 15.0. The summed E-state index contributed by atoms with van der Waals surface area (Å²) in [5, 5.41) is 50.5. The number of allylic oxidation sites excluding steroid dienone is 1. The topological polar surface area (TPSA) is 163 Å². The molecule has 0 aromatic heterocycles. The predicted molar refractivity (Wildman–Crippen MR) is 111 cm³/mol. The molecule has 9 unspecified atom stereocenters. The fourth-order valence-electron chi connectivity index (χ4n) is 3.55. The first-order valence-electron chi connectivity index (χ1n) is 10.7. The van der Waals surface area contributed by atoms with Crippen LogP contribution in [0.1, 0.15) is 40.5 Å². The Morgan fingerprint density at radius 1 is 1.22 bits per heavy atom. The highest BCUT2D eigenvalue weighted by atomic mass is 16.7. The fraction of sp³-hybridized carbons (Fsp3) is 0.727. The van der Waals surface area contributed by atoms with Crippen molar-refractivity contribution in [1.82, 2.24) is 0 Å². The number of cyclic esters (lactones) is 1. The molecule has 5 N–H and O–H groups in total. The molecule has 0 amide bonds. The van der Waals surface area contributed by atoms with E-state index >= 15 is 0 Å². The summed E-state index contributed by atoms with van der Waals surface area (Å²) in [7, 11) is 0. The van der Waals surface area contributed by atoms with E-state index in [-0.39, 0.29) is 6.42 Å². The minimum atomic E-state index is -1.73. The summed E-state index contributed by atoms with van der Waals surface area (Å²) < 4.78 is 16.6. The maximum Gasteiger partial charge on any atom is 0.311 e. The highest BCUT2D eigenvalue weighted by molar-refractivity contribution is 5.85. The van der Waals surface area contributed by atoms with Gasteiger partial charge in [0, 0.05) is 12.8 Å². The van der Waals surface area contributed by atoms with Crippen LogP contribution < -0.4 is 0 Å². The van der Waals surface area contributed by atoms with Crippen LogP contribution in [0.2, 0.25) is 0 Å². The molecule has 32 heavy (non-hydrogen) atoms. The van der Waals surface area contributed by atoms with Crippen LogP contribution in [0.5, 0.6) is 0 Å². The number of hydrogen-bond donors (Lipinski definition) is 5. The molecule has 0 bridgehead atoms. The maximum absolute atomic E-state index is 12.6. The summed E-state index contributed by atoms with van der Waals surface area (Å²) in [4.78, 5) is 25.1. The molecule has 0 radical (unpaired) electrons. The normalized spacial score (nSPS) is 42.0. The van der Waals surface area contributed by atoms with Crippen LogP contribution in [0.4, 0.5) is 0 Å². The lowest BCUT2D eigenvalue weighted by molar-refractivity contribution is -0.203. The van der Waals surface area contributed by atoms with Crippen molar-refractivity contribution in [3.63, 3.8) is 0 Å². The molecule has 0 aliphatic carbocycles. The van der Waals surface area contributed by atoms with Crippen molar-refractivity contribution in [3.05, 3.63) is 23.3 Å². The van der Waals surface area contributed by atoms with Gasteiger partial charge in [-0.1, -0.05) is 12.2 Å². The third-order valence-corrected chi connectivity index (χ3v) is 6.08. The molecule has 10 nitrogen and oxygen atoms in total. The van der Waals surface area contributed by atoms with Crippen molar-refractivity contribution in [1.29, 1.82) is 0 Å². The van der Waals surface area contributed by atoms with Crippen LogP contribution >= 0.6 is 0 Å². The molecule has 1 saturated heterocycles. The SMILES string of the molecule is C/C=C(/C)C1C/C=C(\C)C(OC2OC(CO)C(O)C2O)C(O)C(=O)CC(O)C(C)C(=O)O1. The minimum absolute atomic E-state index is 0.216. The Morgan fingerprint density at radius 3 is 2.44 bits per heavy atom. The summed E-state index contributed by atoms with van der Waals surface area (Å²) >= 11 is 0. The predicted octanol–water partition coefficient (Wildman–Crippen LogP) is -0.644. The van der Waals surface area contributed by atoms with Crippen molar-refractivity contribution in [2.24, 2.45) is 5.92 Å². The molecule has 2 rings (SSSR count). The minimum Gasteiger partial charge on any atom is -0.457 e. The Labute approximate surface area is 187 Å². The highest BCUT2D eigenvalue weighted by Crippen LogP contribution is 2.28. The number of aliphatic hydroxyl groups excluding tert-OH is 5. The summed E-state index contributed by atoms with van der Waals surface area (Å²) in [5.74, 6) is -2.43. The van der Waals surface area contributed by atoms with Gasteiger partial charge in [-0.3, -0.25) is 9.59 Å². The number of carbonyl (C=O) groups excluding carboxylic acids is 2. The summed E-state index contributed by atoms with van der Waals surface area (Å²) in [6.45, 7) is 6.06. The van der Waals surface area contributed by atoms with Gasteiger partial charge in [0.15, 0.2) is 12.1 Å². The van der Waals surface area contributed by atoms with Gasteiger partial charge in [-0.2, -0.15) is 0 Å². The second-order valence-electron chi connectivity index (χ2n) is 8.38. The molecule has 9 atom stereocenters. The van der Waals surface area contributed by atoms with Crippen LogP contribution in [0.25, 0.3) is 0 Å².